The monoisotopic (exact) mass is 391 g/mol. The van der Waals surface area contributed by atoms with Gasteiger partial charge in [0.1, 0.15) is 0 Å². The van der Waals surface area contributed by atoms with Crippen molar-refractivity contribution in [3.8, 4) is 5.69 Å². The van der Waals surface area contributed by atoms with E-state index in [4.69, 9.17) is 0 Å². The van der Waals surface area contributed by atoms with Crippen molar-refractivity contribution >= 4 is 11.6 Å². The van der Waals surface area contributed by atoms with Gasteiger partial charge < -0.3 is 5.32 Å². The molecule has 1 amide bonds. The van der Waals surface area contributed by atoms with Gasteiger partial charge >= 0.3 is 0 Å². The lowest BCUT2D eigenvalue weighted by Crippen LogP contribution is -2.28. The average molecular weight is 391 g/mol. The molecule has 0 unspecified atom stereocenters. The molecule has 29 heavy (non-hydrogen) atoms. The van der Waals surface area contributed by atoms with Crippen molar-refractivity contribution < 1.29 is 4.79 Å². The molecule has 3 rings (SSSR count). The minimum atomic E-state index is -0.559. The largest absolute Gasteiger partial charge is 0.318 e. The second-order valence-corrected chi connectivity index (χ2v) is 7.57. The summed E-state index contributed by atoms with van der Waals surface area (Å²) in [5.41, 5.74) is 2.98. The highest BCUT2D eigenvalue weighted by Gasteiger charge is 2.21. The SMILES string of the molecule is Cc1cc(=O)c(C(=O)Nc2c(C(C)C)cnnc2C(C)C)nn1-c1ccccc1. The summed E-state index contributed by atoms with van der Waals surface area (Å²) in [6.07, 6.45) is 1.65. The number of aryl methyl sites for hydroxylation is 1. The molecule has 7 heteroatoms. The van der Waals surface area contributed by atoms with Crippen LogP contribution in [0.5, 0.6) is 0 Å². The lowest BCUT2D eigenvalue weighted by molar-refractivity contribution is 0.101. The van der Waals surface area contributed by atoms with Crippen molar-refractivity contribution in [1.82, 2.24) is 20.0 Å². The van der Waals surface area contributed by atoms with Crippen LogP contribution in [0.1, 0.15) is 67.0 Å². The molecular weight excluding hydrogens is 366 g/mol. The molecule has 7 nitrogen and oxygen atoms in total. The Balaban J connectivity index is 2.06. The summed E-state index contributed by atoms with van der Waals surface area (Å²) >= 11 is 0. The Kier molecular flexibility index (Phi) is 5.87. The molecule has 0 aliphatic heterocycles. The van der Waals surface area contributed by atoms with Crippen molar-refractivity contribution in [2.75, 3.05) is 5.32 Å². The Morgan fingerprint density at radius 1 is 1.07 bits per heavy atom. The Morgan fingerprint density at radius 3 is 2.38 bits per heavy atom. The zero-order valence-corrected chi connectivity index (χ0v) is 17.3. The van der Waals surface area contributed by atoms with Gasteiger partial charge in [0.25, 0.3) is 5.91 Å². The molecule has 1 aromatic carbocycles. The number of benzene rings is 1. The van der Waals surface area contributed by atoms with Gasteiger partial charge in [0.05, 0.1) is 23.3 Å². The van der Waals surface area contributed by atoms with Gasteiger partial charge in [-0.1, -0.05) is 45.9 Å². The van der Waals surface area contributed by atoms with E-state index in [2.05, 4.69) is 20.6 Å². The van der Waals surface area contributed by atoms with Crippen LogP contribution < -0.4 is 10.7 Å². The van der Waals surface area contributed by atoms with Crippen molar-refractivity contribution in [3.63, 3.8) is 0 Å². The van der Waals surface area contributed by atoms with Gasteiger partial charge in [-0.2, -0.15) is 15.3 Å². The van der Waals surface area contributed by atoms with E-state index in [9.17, 15) is 9.59 Å². The number of rotatable bonds is 5. The predicted molar refractivity (Wildman–Crippen MR) is 113 cm³/mol. The molecule has 2 heterocycles. The maximum atomic E-state index is 13.0. The zero-order valence-electron chi connectivity index (χ0n) is 17.3. The van der Waals surface area contributed by atoms with Crippen LogP contribution in [0, 0.1) is 6.92 Å². The van der Waals surface area contributed by atoms with Gasteiger partial charge in [-0.05, 0) is 30.9 Å². The number of nitrogens with zero attached hydrogens (tertiary/aromatic N) is 4. The van der Waals surface area contributed by atoms with E-state index in [1.54, 1.807) is 17.8 Å². The van der Waals surface area contributed by atoms with E-state index >= 15 is 0 Å². The summed E-state index contributed by atoms with van der Waals surface area (Å²) < 4.78 is 1.59. The topological polar surface area (TPSA) is 89.8 Å². The Labute approximate surface area is 169 Å². The highest BCUT2D eigenvalue weighted by atomic mass is 16.2. The first-order chi connectivity index (χ1) is 13.8. The molecule has 0 radical (unpaired) electrons. The number of hydrogen-bond acceptors (Lipinski definition) is 5. The third kappa shape index (κ3) is 4.23. The molecule has 0 saturated heterocycles. The number of nitrogens with one attached hydrogen (secondary N) is 1. The molecule has 0 saturated carbocycles. The molecule has 0 spiro atoms. The van der Waals surface area contributed by atoms with Gasteiger partial charge in [-0.3, -0.25) is 9.59 Å². The third-order valence-corrected chi connectivity index (χ3v) is 4.64. The fraction of sp³-hybridized carbons (Fsp3) is 0.318. The van der Waals surface area contributed by atoms with E-state index < -0.39 is 11.3 Å². The predicted octanol–water partition coefficient (Wildman–Crippen LogP) is 3.83. The van der Waals surface area contributed by atoms with Crippen LogP contribution in [0.4, 0.5) is 5.69 Å². The first-order valence-corrected chi connectivity index (χ1v) is 9.62. The quantitative estimate of drug-likeness (QED) is 0.714. The van der Waals surface area contributed by atoms with Crippen molar-refractivity contribution in [2.45, 2.75) is 46.5 Å². The fourth-order valence-electron chi connectivity index (χ4n) is 3.10. The highest BCUT2D eigenvalue weighted by molar-refractivity contribution is 6.03. The Bertz CT molecular complexity index is 1060. The molecule has 2 aromatic heterocycles. The zero-order chi connectivity index (χ0) is 21.1. The summed E-state index contributed by atoms with van der Waals surface area (Å²) in [6, 6.07) is 10.8. The number of carbonyl (C=O) groups is 1. The van der Waals surface area contributed by atoms with E-state index in [1.807, 2.05) is 58.0 Å². The second kappa shape index (κ2) is 8.34. The number of aromatic nitrogens is 4. The minimum absolute atomic E-state index is 0.0588. The summed E-state index contributed by atoms with van der Waals surface area (Å²) in [4.78, 5) is 25.6. The smallest absolute Gasteiger partial charge is 0.280 e. The maximum absolute atomic E-state index is 13.0. The van der Waals surface area contributed by atoms with Gasteiger partial charge in [0, 0.05) is 17.3 Å². The third-order valence-electron chi connectivity index (χ3n) is 4.64. The molecule has 1 N–H and O–H groups in total. The minimum Gasteiger partial charge on any atom is -0.318 e. The van der Waals surface area contributed by atoms with Gasteiger partial charge in [0.2, 0.25) is 5.43 Å². The highest BCUT2D eigenvalue weighted by Crippen LogP contribution is 2.30. The lowest BCUT2D eigenvalue weighted by atomic mass is 9.98. The van der Waals surface area contributed by atoms with Crippen LogP contribution in [-0.2, 0) is 0 Å². The molecule has 0 fully saturated rings. The van der Waals surface area contributed by atoms with Crippen LogP contribution in [0.3, 0.4) is 0 Å². The Hall–Kier alpha value is -3.35. The molecular formula is C22H25N5O2. The van der Waals surface area contributed by atoms with Gasteiger partial charge in [0.15, 0.2) is 5.69 Å². The molecule has 0 bridgehead atoms. The fourth-order valence-corrected chi connectivity index (χ4v) is 3.10. The van der Waals surface area contributed by atoms with Gasteiger partial charge in [-0.15, -0.1) is 0 Å². The molecule has 0 aliphatic carbocycles. The first-order valence-electron chi connectivity index (χ1n) is 9.62. The molecule has 150 valence electrons. The van der Waals surface area contributed by atoms with Crippen LogP contribution in [-0.4, -0.2) is 25.9 Å². The summed E-state index contributed by atoms with van der Waals surface area (Å²) in [6.45, 7) is 9.78. The summed E-state index contributed by atoms with van der Waals surface area (Å²) in [5.74, 6) is -0.370. The standard InChI is InChI=1S/C22H25N5O2/c1-13(2)17-12-23-25-19(14(3)4)20(17)24-22(29)21-18(28)11-15(5)27(26-21)16-9-7-6-8-10-16/h6-14H,1-5H3,(H,23,24,29). The van der Waals surface area contributed by atoms with E-state index in [1.165, 1.54) is 6.07 Å². The van der Waals surface area contributed by atoms with E-state index in [0.717, 1.165) is 11.3 Å². The number of hydrogen-bond donors (Lipinski definition) is 1. The van der Waals surface area contributed by atoms with E-state index in [-0.39, 0.29) is 17.5 Å². The first kappa shape index (κ1) is 20.4. The van der Waals surface area contributed by atoms with Crippen molar-refractivity contribution in [3.05, 3.63) is 75.5 Å². The van der Waals surface area contributed by atoms with Crippen LogP contribution in [0.15, 0.2) is 47.4 Å². The lowest BCUT2D eigenvalue weighted by Gasteiger charge is -2.18. The van der Waals surface area contributed by atoms with Crippen LogP contribution in [0.25, 0.3) is 5.69 Å². The normalized spacial score (nSPS) is 11.1. The summed E-state index contributed by atoms with van der Waals surface area (Å²) in [7, 11) is 0. The molecule has 0 atom stereocenters. The van der Waals surface area contributed by atoms with Crippen molar-refractivity contribution in [2.24, 2.45) is 0 Å². The number of anilines is 1. The van der Waals surface area contributed by atoms with Crippen LogP contribution >= 0.6 is 0 Å². The number of amides is 1. The maximum Gasteiger partial charge on any atom is 0.280 e. The number of carbonyl (C=O) groups excluding carboxylic acids is 1. The molecule has 0 aliphatic rings. The van der Waals surface area contributed by atoms with Crippen molar-refractivity contribution in [1.29, 1.82) is 0 Å². The van der Waals surface area contributed by atoms with E-state index in [0.29, 0.717) is 17.1 Å². The van der Waals surface area contributed by atoms with Crippen LogP contribution in [0.2, 0.25) is 0 Å². The Morgan fingerprint density at radius 2 is 1.76 bits per heavy atom. The summed E-state index contributed by atoms with van der Waals surface area (Å²) in [5, 5.41) is 15.5. The molecule has 3 aromatic rings. The second-order valence-electron chi connectivity index (χ2n) is 7.57. The number of para-hydroxylation sites is 1. The van der Waals surface area contributed by atoms with Gasteiger partial charge in [-0.25, -0.2) is 4.68 Å². The average Bonchev–Trinajstić information content (AvgIpc) is 2.68.